The van der Waals surface area contributed by atoms with E-state index in [0.29, 0.717) is 6.42 Å². The van der Waals surface area contributed by atoms with Crippen LogP contribution in [-0.2, 0) is 26.5 Å². The van der Waals surface area contributed by atoms with Crippen LogP contribution in [0.25, 0.3) is 0 Å². The Bertz CT molecular complexity index is 1280. The number of carbonyl (C=O) groups is 1. The second-order valence-electron chi connectivity index (χ2n) is 6.65. The molecular weight excluding hydrogens is 460 g/mol. The first kappa shape index (κ1) is 22.9. The number of nitrogens with one attached hydrogen (secondary N) is 2. The molecule has 12 heteroatoms. The smallest absolute Gasteiger partial charge is 0.270 e. The average Bonchev–Trinajstić information content (AvgIpc) is 3.16. The summed E-state index contributed by atoms with van der Waals surface area (Å²) in [6, 6.07) is 12.4. The Morgan fingerprint density at radius 1 is 1.00 bits per heavy atom. The Hall–Kier alpha value is -2.80. The lowest BCUT2D eigenvalue weighted by molar-refractivity contribution is 0.0950. The minimum atomic E-state index is -3.80. The van der Waals surface area contributed by atoms with E-state index in [0.717, 1.165) is 22.5 Å². The van der Waals surface area contributed by atoms with Gasteiger partial charge in [0.05, 0.1) is 9.79 Å². The average molecular weight is 481 g/mol. The van der Waals surface area contributed by atoms with Gasteiger partial charge in [-0.05, 0) is 43.2 Å². The van der Waals surface area contributed by atoms with E-state index in [1.54, 1.807) is 24.3 Å². The minimum absolute atomic E-state index is 0.0170. The van der Waals surface area contributed by atoms with Crippen LogP contribution in [0.5, 0.6) is 0 Å². The van der Waals surface area contributed by atoms with E-state index < -0.39 is 26.0 Å². The maximum Gasteiger partial charge on any atom is 0.270 e. The van der Waals surface area contributed by atoms with Gasteiger partial charge in [-0.1, -0.05) is 29.8 Å². The quantitative estimate of drug-likeness (QED) is 0.448. The maximum atomic E-state index is 12.4. The second kappa shape index (κ2) is 9.14. The Balaban J connectivity index is 1.56. The van der Waals surface area contributed by atoms with Gasteiger partial charge >= 0.3 is 0 Å². The summed E-state index contributed by atoms with van der Waals surface area (Å²) < 4.78 is 49.7. The fraction of sp³-hybridized carbons (Fsp3) is 0.158. The summed E-state index contributed by atoms with van der Waals surface area (Å²) in [7, 11) is -7.54. The van der Waals surface area contributed by atoms with Gasteiger partial charge in [0.1, 0.15) is 5.69 Å². The van der Waals surface area contributed by atoms with Crippen molar-refractivity contribution in [3.05, 3.63) is 70.7 Å². The van der Waals surface area contributed by atoms with Gasteiger partial charge in [-0.25, -0.2) is 27.0 Å². The normalized spacial score (nSPS) is 11.8. The summed E-state index contributed by atoms with van der Waals surface area (Å²) in [5.41, 5.74) is 1.85. The SMILES string of the molecule is Cc1ccc(S(=O)(=O)Nc2nc(C(=O)NCCc3ccc(S(N)(=O)=O)cc3)cs2)cc1. The van der Waals surface area contributed by atoms with Crippen molar-refractivity contribution in [3.63, 3.8) is 0 Å². The molecule has 0 fully saturated rings. The van der Waals surface area contributed by atoms with Crippen LogP contribution >= 0.6 is 11.3 Å². The van der Waals surface area contributed by atoms with Crippen molar-refractivity contribution in [3.8, 4) is 0 Å². The van der Waals surface area contributed by atoms with E-state index >= 15 is 0 Å². The van der Waals surface area contributed by atoms with Gasteiger partial charge in [-0.2, -0.15) is 0 Å². The zero-order valence-electron chi connectivity index (χ0n) is 16.4. The monoisotopic (exact) mass is 480 g/mol. The van der Waals surface area contributed by atoms with Crippen molar-refractivity contribution in [2.45, 2.75) is 23.1 Å². The number of hydrogen-bond donors (Lipinski definition) is 3. The molecule has 9 nitrogen and oxygen atoms in total. The number of nitrogens with two attached hydrogens (primary N) is 1. The summed E-state index contributed by atoms with van der Waals surface area (Å²) >= 11 is 1.01. The largest absolute Gasteiger partial charge is 0.350 e. The lowest BCUT2D eigenvalue weighted by Crippen LogP contribution is -2.26. The second-order valence-corrected chi connectivity index (χ2v) is 10.8. The number of benzene rings is 2. The summed E-state index contributed by atoms with van der Waals surface area (Å²) in [6.07, 6.45) is 0.466. The van der Waals surface area contributed by atoms with E-state index in [1.165, 1.54) is 29.6 Å². The number of hydrogen-bond acceptors (Lipinski definition) is 7. The molecule has 3 rings (SSSR count). The van der Waals surface area contributed by atoms with Crippen molar-refractivity contribution >= 4 is 42.4 Å². The molecule has 4 N–H and O–H groups in total. The molecule has 0 aliphatic rings. The van der Waals surface area contributed by atoms with Crippen LogP contribution in [0.2, 0.25) is 0 Å². The number of primary sulfonamides is 1. The van der Waals surface area contributed by atoms with Crippen LogP contribution in [0.15, 0.2) is 63.7 Å². The van der Waals surface area contributed by atoms with E-state index in [-0.39, 0.29) is 27.2 Å². The molecule has 0 radical (unpaired) electrons. The van der Waals surface area contributed by atoms with E-state index in [2.05, 4.69) is 15.0 Å². The van der Waals surface area contributed by atoms with Crippen LogP contribution in [0.3, 0.4) is 0 Å². The van der Waals surface area contributed by atoms with Crippen molar-refractivity contribution in [1.82, 2.24) is 10.3 Å². The molecule has 0 saturated heterocycles. The van der Waals surface area contributed by atoms with Crippen molar-refractivity contribution in [2.24, 2.45) is 5.14 Å². The molecule has 2 aromatic carbocycles. The summed E-state index contributed by atoms with van der Waals surface area (Å²) in [4.78, 5) is 16.4. The Morgan fingerprint density at radius 3 is 2.23 bits per heavy atom. The number of aromatic nitrogens is 1. The first-order valence-electron chi connectivity index (χ1n) is 8.99. The molecule has 31 heavy (non-hydrogen) atoms. The van der Waals surface area contributed by atoms with Crippen molar-refractivity contribution in [1.29, 1.82) is 0 Å². The predicted molar refractivity (Wildman–Crippen MR) is 118 cm³/mol. The molecule has 0 spiro atoms. The summed E-state index contributed by atoms with van der Waals surface area (Å²) in [5.74, 6) is -0.446. The molecule has 0 bridgehead atoms. The molecule has 1 aromatic heterocycles. The van der Waals surface area contributed by atoms with Crippen molar-refractivity contribution < 1.29 is 21.6 Å². The number of nitrogens with zero attached hydrogens (tertiary/aromatic N) is 1. The molecule has 0 unspecified atom stereocenters. The topological polar surface area (TPSA) is 148 Å². The van der Waals surface area contributed by atoms with E-state index in [4.69, 9.17) is 5.14 Å². The standard InChI is InChI=1S/C19H20N4O5S3/c1-13-2-6-16(7-3-13)31(27,28)23-19-22-17(12-29-19)18(24)21-11-10-14-4-8-15(9-5-14)30(20,25)26/h2-9,12H,10-11H2,1H3,(H,21,24)(H,22,23)(H2,20,25,26). The van der Waals surface area contributed by atoms with Gasteiger partial charge in [-0.3, -0.25) is 9.52 Å². The van der Waals surface area contributed by atoms with Gasteiger partial charge < -0.3 is 5.32 Å². The molecule has 1 amide bonds. The molecular formula is C19H20N4O5S3. The number of sulfonamides is 2. The predicted octanol–water partition coefficient (Wildman–Crippen LogP) is 1.87. The van der Waals surface area contributed by atoms with Gasteiger partial charge in [0.15, 0.2) is 5.13 Å². The van der Waals surface area contributed by atoms with Crippen molar-refractivity contribution in [2.75, 3.05) is 11.3 Å². The molecule has 164 valence electrons. The fourth-order valence-electron chi connectivity index (χ4n) is 2.57. The third-order valence-corrected chi connectivity index (χ3v) is 7.41. The number of anilines is 1. The molecule has 0 aliphatic heterocycles. The highest BCUT2D eigenvalue weighted by molar-refractivity contribution is 7.93. The lowest BCUT2D eigenvalue weighted by atomic mass is 10.1. The molecule has 3 aromatic rings. The maximum absolute atomic E-state index is 12.4. The summed E-state index contributed by atoms with van der Waals surface area (Å²) in [6.45, 7) is 2.14. The summed E-state index contributed by atoms with van der Waals surface area (Å²) in [5, 5.41) is 9.30. The molecule has 1 heterocycles. The van der Waals surface area contributed by atoms with Gasteiger partial charge in [0.2, 0.25) is 10.0 Å². The van der Waals surface area contributed by atoms with Crippen LogP contribution in [0.1, 0.15) is 21.6 Å². The molecule has 0 atom stereocenters. The zero-order valence-corrected chi connectivity index (χ0v) is 18.9. The highest BCUT2D eigenvalue weighted by atomic mass is 32.2. The van der Waals surface area contributed by atoms with Crippen LogP contribution in [0, 0.1) is 6.92 Å². The van der Waals surface area contributed by atoms with Gasteiger partial charge in [-0.15, -0.1) is 11.3 Å². The number of rotatable bonds is 8. The Morgan fingerprint density at radius 2 is 1.61 bits per heavy atom. The lowest BCUT2D eigenvalue weighted by Gasteiger charge is -2.06. The van der Waals surface area contributed by atoms with Crippen LogP contribution in [0.4, 0.5) is 5.13 Å². The fourth-order valence-corrected chi connectivity index (χ4v) is 5.03. The van der Waals surface area contributed by atoms with Gasteiger partial charge in [0, 0.05) is 11.9 Å². The molecule has 0 saturated carbocycles. The van der Waals surface area contributed by atoms with E-state index in [9.17, 15) is 21.6 Å². The van der Waals surface area contributed by atoms with Gasteiger partial charge in [0.25, 0.3) is 15.9 Å². The number of aryl methyl sites for hydroxylation is 1. The highest BCUT2D eigenvalue weighted by Crippen LogP contribution is 2.20. The van der Waals surface area contributed by atoms with Crippen LogP contribution < -0.4 is 15.2 Å². The highest BCUT2D eigenvalue weighted by Gasteiger charge is 2.17. The third kappa shape index (κ3) is 6.10. The number of carbonyl (C=O) groups excluding carboxylic acids is 1. The number of thiazole rings is 1. The van der Waals surface area contributed by atoms with Crippen LogP contribution in [-0.4, -0.2) is 34.3 Å². The minimum Gasteiger partial charge on any atom is -0.350 e. The zero-order chi connectivity index (χ0) is 22.6. The first-order valence-corrected chi connectivity index (χ1v) is 12.9. The van der Waals surface area contributed by atoms with E-state index in [1.807, 2.05) is 6.92 Å². The number of amides is 1. The first-order chi connectivity index (χ1) is 14.5. The Labute approximate surface area is 184 Å². The Kier molecular flexibility index (Phi) is 6.74. The molecule has 0 aliphatic carbocycles. The third-order valence-electron chi connectivity index (χ3n) is 4.24.